The standard InChI is InChI=1S/C19H20N6O2/c1-14-11-17(23-27-14)18(26)22-15-12-20-19(21-13-15)25-9-7-24(8-10-25)16-5-3-2-4-6-16/h2-6,11-13H,7-10H2,1H3,(H,22,26). The number of hydrogen-bond donors (Lipinski definition) is 1. The molecule has 1 amide bonds. The normalized spacial score (nSPS) is 14.3. The topological polar surface area (TPSA) is 87.4 Å². The molecule has 8 heteroatoms. The highest BCUT2D eigenvalue weighted by Gasteiger charge is 2.19. The highest BCUT2D eigenvalue weighted by Crippen LogP contribution is 2.18. The minimum absolute atomic E-state index is 0.230. The lowest BCUT2D eigenvalue weighted by molar-refractivity contribution is 0.101. The fourth-order valence-electron chi connectivity index (χ4n) is 3.02. The molecule has 1 aromatic carbocycles. The summed E-state index contributed by atoms with van der Waals surface area (Å²) in [4.78, 5) is 25.4. The van der Waals surface area contributed by atoms with Crippen LogP contribution in [0.5, 0.6) is 0 Å². The van der Waals surface area contributed by atoms with Crippen LogP contribution in [0.1, 0.15) is 16.2 Å². The number of carbonyl (C=O) groups excluding carboxylic acids is 1. The molecule has 8 nitrogen and oxygen atoms in total. The molecular weight excluding hydrogens is 344 g/mol. The van der Waals surface area contributed by atoms with E-state index in [1.54, 1.807) is 25.4 Å². The first kappa shape index (κ1) is 17.0. The molecule has 0 bridgehead atoms. The van der Waals surface area contributed by atoms with Crippen molar-refractivity contribution in [2.24, 2.45) is 0 Å². The number of aromatic nitrogens is 3. The Hall–Kier alpha value is -3.42. The average Bonchev–Trinajstić information content (AvgIpc) is 3.16. The van der Waals surface area contributed by atoms with Gasteiger partial charge in [0.1, 0.15) is 5.76 Å². The maximum absolute atomic E-state index is 12.1. The van der Waals surface area contributed by atoms with Crippen LogP contribution in [0.15, 0.2) is 53.3 Å². The van der Waals surface area contributed by atoms with Gasteiger partial charge in [-0.3, -0.25) is 4.79 Å². The molecule has 0 atom stereocenters. The van der Waals surface area contributed by atoms with Crippen LogP contribution in [0.2, 0.25) is 0 Å². The largest absolute Gasteiger partial charge is 0.368 e. The number of nitrogens with one attached hydrogen (secondary N) is 1. The summed E-state index contributed by atoms with van der Waals surface area (Å²) >= 11 is 0. The Morgan fingerprint density at radius 3 is 2.33 bits per heavy atom. The number of nitrogens with zero attached hydrogens (tertiary/aromatic N) is 5. The first-order valence-corrected chi connectivity index (χ1v) is 8.81. The minimum Gasteiger partial charge on any atom is -0.368 e. The second kappa shape index (κ2) is 7.45. The molecule has 0 radical (unpaired) electrons. The van der Waals surface area contributed by atoms with Crippen molar-refractivity contribution in [3.05, 3.63) is 60.2 Å². The van der Waals surface area contributed by atoms with Crippen LogP contribution in [0.3, 0.4) is 0 Å². The Morgan fingerprint density at radius 1 is 1.04 bits per heavy atom. The van der Waals surface area contributed by atoms with Crippen LogP contribution < -0.4 is 15.1 Å². The zero-order valence-corrected chi connectivity index (χ0v) is 15.0. The number of aryl methyl sites for hydroxylation is 1. The summed E-state index contributed by atoms with van der Waals surface area (Å²) < 4.78 is 4.91. The van der Waals surface area contributed by atoms with E-state index in [1.807, 2.05) is 6.07 Å². The van der Waals surface area contributed by atoms with Gasteiger partial charge in [0, 0.05) is 37.9 Å². The van der Waals surface area contributed by atoms with Gasteiger partial charge in [0.15, 0.2) is 5.69 Å². The number of piperazine rings is 1. The molecule has 0 aliphatic carbocycles. The molecule has 27 heavy (non-hydrogen) atoms. The maximum atomic E-state index is 12.1. The van der Waals surface area contributed by atoms with Crippen LogP contribution >= 0.6 is 0 Å². The lowest BCUT2D eigenvalue weighted by Crippen LogP contribution is -2.47. The number of para-hydroxylation sites is 1. The zero-order chi connectivity index (χ0) is 18.6. The Balaban J connectivity index is 1.35. The molecule has 1 aliphatic heterocycles. The van der Waals surface area contributed by atoms with Crippen molar-refractivity contribution in [1.82, 2.24) is 15.1 Å². The Morgan fingerprint density at radius 2 is 1.70 bits per heavy atom. The molecule has 0 spiro atoms. The lowest BCUT2D eigenvalue weighted by Gasteiger charge is -2.36. The Bertz CT molecular complexity index is 901. The van der Waals surface area contributed by atoms with Gasteiger partial charge in [0.25, 0.3) is 5.91 Å². The van der Waals surface area contributed by atoms with Gasteiger partial charge in [0.05, 0.1) is 18.1 Å². The van der Waals surface area contributed by atoms with E-state index in [-0.39, 0.29) is 11.6 Å². The third-order valence-electron chi connectivity index (χ3n) is 4.44. The van der Waals surface area contributed by atoms with E-state index >= 15 is 0 Å². The molecule has 3 heterocycles. The molecule has 2 aromatic heterocycles. The van der Waals surface area contributed by atoms with Crippen molar-refractivity contribution in [2.45, 2.75) is 6.92 Å². The van der Waals surface area contributed by atoms with E-state index in [4.69, 9.17) is 4.52 Å². The maximum Gasteiger partial charge on any atom is 0.277 e. The zero-order valence-electron chi connectivity index (χ0n) is 15.0. The summed E-state index contributed by atoms with van der Waals surface area (Å²) in [5.41, 5.74) is 1.99. The lowest BCUT2D eigenvalue weighted by atomic mass is 10.2. The Labute approximate surface area is 156 Å². The molecule has 138 valence electrons. The highest BCUT2D eigenvalue weighted by atomic mass is 16.5. The SMILES string of the molecule is Cc1cc(C(=O)Nc2cnc(N3CCN(c4ccccc4)CC3)nc2)no1. The molecule has 0 saturated carbocycles. The third kappa shape index (κ3) is 3.89. The van der Waals surface area contributed by atoms with E-state index in [2.05, 4.69) is 54.5 Å². The van der Waals surface area contributed by atoms with Crippen molar-refractivity contribution < 1.29 is 9.32 Å². The van der Waals surface area contributed by atoms with Gasteiger partial charge in [-0.25, -0.2) is 9.97 Å². The van der Waals surface area contributed by atoms with Crippen LogP contribution in [-0.2, 0) is 0 Å². The number of carbonyl (C=O) groups is 1. The van der Waals surface area contributed by atoms with Crippen molar-refractivity contribution >= 4 is 23.2 Å². The number of hydrogen-bond acceptors (Lipinski definition) is 7. The second-order valence-corrected chi connectivity index (χ2v) is 6.36. The molecule has 0 unspecified atom stereocenters. The molecular formula is C19H20N6O2. The van der Waals surface area contributed by atoms with Gasteiger partial charge in [-0.15, -0.1) is 0 Å². The van der Waals surface area contributed by atoms with Gasteiger partial charge in [0.2, 0.25) is 5.95 Å². The van der Waals surface area contributed by atoms with Crippen molar-refractivity contribution in [3.63, 3.8) is 0 Å². The van der Waals surface area contributed by atoms with Crippen molar-refractivity contribution in [2.75, 3.05) is 41.3 Å². The number of amides is 1. The fourth-order valence-corrected chi connectivity index (χ4v) is 3.02. The van der Waals surface area contributed by atoms with Crippen LogP contribution in [0.25, 0.3) is 0 Å². The molecule has 1 saturated heterocycles. The van der Waals surface area contributed by atoms with E-state index in [0.717, 1.165) is 26.2 Å². The minimum atomic E-state index is -0.348. The highest BCUT2D eigenvalue weighted by molar-refractivity contribution is 6.02. The van der Waals surface area contributed by atoms with E-state index in [9.17, 15) is 4.79 Å². The number of anilines is 3. The number of benzene rings is 1. The summed E-state index contributed by atoms with van der Waals surface area (Å²) in [6.45, 7) is 5.26. The van der Waals surface area contributed by atoms with Crippen LogP contribution in [0, 0.1) is 6.92 Å². The molecule has 3 aromatic rings. The third-order valence-corrected chi connectivity index (χ3v) is 4.44. The Kier molecular flexibility index (Phi) is 4.69. The predicted molar refractivity (Wildman–Crippen MR) is 102 cm³/mol. The van der Waals surface area contributed by atoms with Crippen LogP contribution in [-0.4, -0.2) is 47.2 Å². The van der Waals surface area contributed by atoms with E-state index < -0.39 is 0 Å². The molecule has 4 rings (SSSR count). The quantitative estimate of drug-likeness (QED) is 0.760. The summed E-state index contributed by atoms with van der Waals surface area (Å²) in [6, 6.07) is 12.0. The van der Waals surface area contributed by atoms with Gasteiger partial charge in [-0.1, -0.05) is 23.4 Å². The number of rotatable bonds is 4. The smallest absolute Gasteiger partial charge is 0.277 e. The molecule has 1 aliphatic rings. The fraction of sp³-hybridized carbons (Fsp3) is 0.263. The monoisotopic (exact) mass is 364 g/mol. The predicted octanol–water partition coefficient (Wildman–Crippen LogP) is 2.35. The van der Waals surface area contributed by atoms with Crippen LogP contribution in [0.4, 0.5) is 17.3 Å². The summed E-state index contributed by atoms with van der Waals surface area (Å²) in [5.74, 6) is 0.902. The first-order valence-electron chi connectivity index (χ1n) is 8.81. The van der Waals surface area contributed by atoms with Gasteiger partial charge >= 0.3 is 0 Å². The van der Waals surface area contributed by atoms with Crippen molar-refractivity contribution in [1.29, 1.82) is 0 Å². The second-order valence-electron chi connectivity index (χ2n) is 6.36. The van der Waals surface area contributed by atoms with E-state index in [0.29, 0.717) is 17.4 Å². The van der Waals surface area contributed by atoms with E-state index in [1.165, 1.54) is 5.69 Å². The average molecular weight is 364 g/mol. The summed E-state index contributed by atoms with van der Waals surface area (Å²) in [5, 5.41) is 6.41. The first-order chi connectivity index (χ1) is 13.2. The molecule has 1 fully saturated rings. The molecule has 1 N–H and O–H groups in total. The van der Waals surface area contributed by atoms with Gasteiger partial charge in [-0.05, 0) is 19.1 Å². The van der Waals surface area contributed by atoms with Crippen molar-refractivity contribution in [3.8, 4) is 0 Å². The summed E-state index contributed by atoms with van der Waals surface area (Å²) in [7, 11) is 0. The van der Waals surface area contributed by atoms with Gasteiger partial charge in [-0.2, -0.15) is 0 Å². The van der Waals surface area contributed by atoms with Gasteiger partial charge < -0.3 is 19.6 Å². The summed E-state index contributed by atoms with van der Waals surface area (Å²) in [6.07, 6.45) is 3.22.